The van der Waals surface area contributed by atoms with Gasteiger partial charge in [0.15, 0.2) is 5.79 Å². The highest BCUT2D eigenvalue weighted by Crippen LogP contribution is 2.19. The average molecular weight is 316 g/mol. The molecular formula is C14H22BrNO2. The van der Waals surface area contributed by atoms with Crippen molar-refractivity contribution in [2.75, 3.05) is 6.54 Å². The van der Waals surface area contributed by atoms with Crippen LogP contribution in [0.25, 0.3) is 0 Å². The summed E-state index contributed by atoms with van der Waals surface area (Å²) >= 11 is 3.40. The molecule has 1 aromatic carbocycles. The van der Waals surface area contributed by atoms with Crippen LogP contribution in [0.3, 0.4) is 0 Å². The van der Waals surface area contributed by atoms with Crippen LogP contribution in [0.1, 0.15) is 38.8 Å². The predicted molar refractivity (Wildman–Crippen MR) is 77.2 cm³/mol. The first-order valence-corrected chi connectivity index (χ1v) is 7.06. The maximum atomic E-state index is 9.72. The van der Waals surface area contributed by atoms with Crippen LogP contribution in [0.4, 0.5) is 0 Å². The van der Waals surface area contributed by atoms with E-state index in [2.05, 4.69) is 40.3 Å². The highest BCUT2D eigenvalue weighted by atomic mass is 79.9. The van der Waals surface area contributed by atoms with Gasteiger partial charge in [-0.15, -0.1) is 0 Å². The lowest BCUT2D eigenvalue weighted by atomic mass is 9.99. The van der Waals surface area contributed by atoms with Crippen LogP contribution in [0, 0.1) is 5.92 Å². The average Bonchev–Trinajstić information content (AvgIpc) is 2.29. The lowest BCUT2D eigenvalue weighted by Gasteiger charge is -2.26. The van der Waals surface area contributed by atoms with Crippen LogP contribution in [0.15, 0.2) is 28.7 Å². The summed E-state index contributed by atoms with van der Waals surface area (Å²) in [5, 5.41) is 22.7. The second-order valence-electron chi connectivity index (χ2n) is 5.01. The zero-order valence-corrected chi connectivity index (χ0v) is 12.7. The van der Waals surface area contributed by atoms with Gasteiger partial charge in [-0.2, -0.15) is 0 Å². The Labute approximate surface area is 117 Å². The Kier molecular flexibility index (Phi) is 5.79. The van der Waals surface area contributed by atoms with Gasteiger partial charge in [0, 0.05) is 29.4 Å². The molecule has 18 heavy (non-hydrogen) atoms. The predicted octanol–water partition coefficient (Wildman–Crippen LogP) is 2.83. The highest BCUT2D eigenvalue weighted by Gasteiger charge is 2.26. The third kappa shape index (κ3) is 4.69. The zero-order chi connectivity index (χ0) is 13.8. The van der Waals surface area contributed by atoms with Gasteiger partial charge in [-0.3, -0.25) is 0 Å². The van der Waals surface area contributed by atoms with Crippen molar-refractivity contribution < 1.29 is 10.2 Å². The zero-order valence-electron chi connectivity index (χ0n) is 11.2. The summed E-state index contributed by atoms with van der Waals surface area (Å²) in [6, 6.07) is 8.31. The van der Waals surface area contributed by atoms with Gasteiger partial charge in [0.2, 0.25) is 0 Å². The Hall–Kier alpha value is -0.420. The molecule has 0 unspecified atom stereocenters. The van der Waals surface area contributed by atoms with Crippen molar-refractivity contribution in [2.24, 2.45) is 5.92 Å². The summed E-state index contributed by atoms with van der Waals surface area (Å²) in [6.07, 6.45) is 0.325. The molecular weight excluding hydrogens is 294 g/mol. The standard InChI is InChI=1S/C14H22BrNO2/c1-10(2)14(17,18)8-9-16-11(3)12-4-6-13(15)7-5-12/h4-7,10-11,16-18H,8-9H2,1-3H3/t11-/m0/s1. The first kappa shape index (κ1) is 15.6. The molecule has 0 fully saturated rings. The van der Waals surface area contributed by atoms with Gasteiger partial charge in [0.25, 0.3) is 0 Å². The first-order valence-electron chi connectivity index (χ1n) is 6.26. The van der Waals surface area contributed by atoms with E-state index in [4.69, 9.17) is 0 Å². The lowest BCUT2D eigenvalue weighted by molar-refractivity contribution is -0.195. The molecule has 0 heterocycles. The van der Waals surface area contributed by atoms with Crippen LogP contribution >= 0.6 is 15.9 Å². The molecule has 102 valence electrons. The molecule has 0 bridgehead atoms. The lowest BCUT2D eigenvalue weighted by Crippen LogP contribution is -2.38. The number of aliphatic hydroxyl groups is 2. The minimum Gasteiger partial charge on any atom is -0.365 e. The summed E-state index contributed by atoms with van der Waals surface area (Å²) < 4.78 is 1.06. The van der Waals surface area contributed by atoms with Crippen molar-refractivity contribution in [3.63, 3.8) is 0 Å². The van der Waals surface area contributed by atoms with Crippen molar-refractivity contribution in [1.82, 2.24) is 5.32 Å². The van der Waals surface area contributed by atoms with Gasteiger partial charge in [0.1, 0.15) is 0 Å². The minimum atomic E-state index is -1.59. The van der Waals surface area contributed by atoms with Gasteiger partial charge in [0.05, 0.1) is 0 Å². The summed E-state index contributed by atoms with van der Waals surface area (Å²) in [7, 11) is 0. The smallest absolute Gasteiger partial charge is 0.166 e. The monoisotopic (exact) mass is 315 g/mol. The van der Waals surface area contributed by atoms with E-state index in [1.165, 1.54) is 5.56 Å². The van der Waals surface area contributed by atoms with E-state index in [9.17, 15) is 10.2 Å². The molecule has 3 nitrogen and oxygen atoms in total. The van der Waals surface area contributed by atoms with Crippen LogP contribution in [-0.4, -0.2) is 22.5 Å². The molecule has 0 radical (unpaired) electrons. The number of hydrogen-bond donors (Lipinski definition) is 3. The summed E-state index contributed by atoms with van der Waals surface area (Å²) in [6.45, 7) is 6.24. The normalized spacial score (nSPS) is 13.9. The van der Waals surface area contributed by atoms with Crippen molar-refractivity contribution >= 4 is 15.9 Å². The van der Waals surface area contributed by atoms with E-state index in [1.54, 1.807) is 13.8 Å². The second kappa shape index (κ2) is 6.66. The van der Waals surface area contributed by atoms with Crippen molar-refractivity contribution in [1.29, 1.82) is 0 Å². The topological polar surface area (TPSA) is 52.5 Å². The molecule has 0 aliphatic heterocycles. The first-order chi connectivity index (χ1) is 8.33. The fourth-order valence-electron chi connectivity index (χ4n) is 1.63. The van der Waals surface area contributed by atoms with Crippen LogP contribution in [0.2, 0.25) is 0 Å². The molecule has 0 aliphatic rings. The van der Waals surface area contributed by atoms with E-state index in [-0.39, 0.29) is 12.0 Å². The van der Waals surface area contributed by atoms with Gasteiger partial charge < -0.3 is 15.5 Å². The summed E-state index contributed by atoms with van der Waals surface area (Å²) in [4.78, 5) is 0. The Morgan fingerprint density at radius 2 is 1.72 bits per heavy atom. The van der Waals surface area contributed by atoms with Crippen molar-refractivity contribution in [2.45, 2.75) is 39.0 Å². The molecule has 3 N–H and O–H groups in total. The maximum absolute atomic E-state index is 9.72. The van der Waals surface area contributed by atoms with E-state index in [0.717, 1.165) is 4.47 Å². The number of nitrogens with one attached hydrogen (secondary N) is 1. The minimum absolute atomic E-state index is 0.165. The van der Waals surface area contributed by atoms with Crippen molar-refractivity contribution in [3.8, 4) is 0 Å². The molecule has 0 saturated heterocycles. The SMILES string of the molecule is CC(C)C(O)(O)CCN[C@@H](C)c1ccc(Br)cc1. The van der Waals surface area contributed by atoms with Gasteiger partial charge in [-0.25, -0.2) is 0 Å². The van der Waals surface area contributed by atoms with E-state index in [1.807, 2.05) is 12.1 Å². The molecule has 0 saturated carbocycles. The van der Waals surface area contributed by atoms with E-state index in [0.29, 0.717) is 13.0 Å². The molecule has 0 aliphatic carbocycles. The number of rotatable bonds is 6. The maximum Gasteiger partial charge on any atom is 0.166 e. The summed E-state index contributed by atoms with van der Waals surface area (Å²) in [5.41, 5.74) is 1.18. The van der Waals surface area contributed by atoms with Crippen LogP contribution < -0.4 is 5.32 Å². The molecule has 0 aromatic heterocycles. The molecule has 0 amide bonds. The molecule has 1 rings (SSSR count). The van der Waals surface area contributed by atoms with E-state index >= 15 is 0 Å². The third-order valence-electron chi connectivity index (χ3n) is 3.24. The van der Waals surface area contributed by atoms with Crippen LogP contribution in [0.5, 0.6) is 0 Å². The quantitative estimate of drug-likeness (QED) is 0.708. The van der Waals surface area contributed by atoms with Crippen LogP contribution in [-0.2, 0) is 0 Å². The fraction of sp³-hybridized carbons (Fsp3) is 0.571. The molecule has 1 aromatic rings. The molecule has 4 heteroatoms. The van der Waals surface area contributed by atoms with Crippen molar-refractivity contribution in [3.05, 3.63) is 34.3 Å². The third-order valence-corrected chi connectivity index (χ3v) is 3.77. The van der Waals surface area contributed by atoms with Gasteiger partial charge >= 0.3 is 0 Å². The number of hydrogen-bond acceptors (Lipinski definition) is 3. The Balaban J connectivity index is 2.42. The summed E-state index contributed by atoms with van der Waals surface area (Å²) in [5.74, 6) is -1.76. The number of benzene rings is 1. The Morgan fingerprint density at radius 3 is 2.22 bits per heavy atom. The highest BCUT2D eigenvalue weighted by molar-refractivity contribution is 9.10. The number of halogens is 1. The fourth-order valence-corrected chi connectivity index (χ4v) is 1.89. The van der Waals surface area contributed by atoms with Gasteiger partial charge in [-0.05, 0) is 24.6 Å². The molecule has 1 atom stereocenters. The molecule has 0 spiro atoms. The van der Waals surface area contributed by atoms with E-state index < -0.39 is 5.79 Å². The Morgan fingerprint density at radius 1 is 1.17 bits per heavy atom. The van der Waals surface area contributed by atoms with Gasteiger partial charge in [-0.1, -0.05) is 41.9 Å². The second-order valence-corrected chi connectivity index (χ2v) is 5.93. The Bertz CT molecular complexity index is 363. The largest absolute Gasteiger partial charge is 0.365 e.